The largest absolute Gasteiger partial charge is 0.481 e. The summed E-state index contributed by atoms with van der Waals surface area (Å²) >= 11 is 11.2. The Hall–Kier alpha value is -1.46. The predicted molar refractivity (Wildman–Crippen MR) is 65.6 cm³/mol. The van der Waals surface area contributed by atoms with Gasteiger partial charge in [-0.3, -0.25) is 0 Å². The molecule has 94 valence electrons. The van der Waals surface area contributed by atoms with Gasteiger partial charge in [0.15, 0.2) is 16.1 Å². The van der Waals surface area contributed by atoms with Gasteiger partial charge in [0.05, 0.1) is 7.11 Å². The van der Waals surface area contributed by atoms with E-state index in [0.717, 1.165) is 5.56 Å². The fraction of sp³-hybridized carbons (Fsp3) is 0.182. The van der Waals surface area contributed by atoms with Crippen LogP contribution in [-0.2, 0) is 6.42 Å². The van der Waals surface area contributed by atoms with Gasteiger partial charge in [0.25, 0.3) is 0 Å². The van der Waals surface area contributed by atoms with Crippen LogP contribution in [-0.4, -0.2) is 22.1 Å². The van der Waals surface area contributed by atoms with Crippen molar-refractivity contribution in [2.75, 3.05) is 7.11 Å². The van der Waals surface area contributed by atoms with Gasteiger partial charge in [-0.1, -0.05) is 29.3 Å². The highest BCUT2D eigenvalue weighted by Crippen LogP contribution is 2.20. The molecule has 0 atom stereocenters. The Morgan fingerprint density at radius 2 is 1.89 bits per heavy atom. The van der Waals surface area contributed by atoms with Crippen LogP contribution in [0.25, 0.3) is 0 Å². The maximum absolute atomic E-state index is 13.1. The second-order valence-electron chi connectivity index (χ2n) is 3.42. The third-order valence-electron chi connectivity index (χ3n) is 2.19. The molecular weight excluding hydrogens is 280 g/mol. The van der Waals surface area contributed by atoms with Gasteiger partial charge in [-0.05, 0) is 5.56 Å². The van der Waals surface area contributed by atoms with Crippen LogP contribution in [0.2, 0.25) is 10.3 Å². The summed E-state index contributed by atoms with van der Waals surface area (Å²) in [5.74, 6) is 0.0307. The van der Waals surface area contributed by atoms with Gasteiger partial charge in [0, 0.05) is 18.7 Å². The molecule has 0 fully saturated rings. The Labute approximate surface area is 113 Å². The monoisotopic (exact) mass is 287 g/mol. The Balaban J connectivity index is 2.23. The quantitative estimate of drug-likeness (QED) is 0.815. The van der Waals surface area contributed by atoms with Crippen molar-refractivity contribution in [1.29, 1.82) is 0 Å². The first-order chi connectivity index (χ1) is 8.60. The predicted octanol–water partition coefficient (Wildman–Crippen LogP) is 2.92. The molecule has 0 aromatic carbocycles. The molecule has 2 aromatic rings. The average molecular weight is 288 g/mol. The summed E-state index contributed by atoms with van der Waals surface area (Å²) in [5, 5.41) is -0.571. The van der Waals surface area contributed by atoms with E-state index in [1.165, 1.54) is 7.11 Å². The van der Waals surface area contributed by atoms with Gasteiger partial charge >= 0.3 is 0 Å². The zero-order valence-electron chi connectivity index (χ0n) is 9.32. The minimum absolute atomic E-state index is 0.286. The molecule has 0 aliphatic carbocycles. The van der Waals surface area contributed by atoms with Crippen LogP contribution in [0.4, 0.5) is 4.39 Å². The van der Waals surface area contributed by atoms with Crippen LogP contribution < -0.4 is 4.74 Å². The summed E-state index contributed by atoms with van der Waals surface area (Å²) in [6, 6.07) is 3.52. The molecule has 2 heterocycles. The van der Waals surface area contributed by atoms with Crippen molar-refractivity contribution in [2.24, 2.45) is 0 Å². The van der Waals surface area contributed by atoms with Crippen molar-refractivity contribution < 1.29 is 9.13 Å². The summed E-state index contributed by atoms with van der Waals surface area (Å²) < 4.78 is 18.1. The van der Waals surface area contributed by atoms with Gasteiger partial charge in [-0.15, -0.1) is 0 Å². The van der Waals surface area contributed by atoms with E-state index in [2.05, 4.69) is 15.0 Å². The van der Waals surface area contributed by atoms with Crippen LogP contribution in [0.5, 0.6) is 5.88 Å². The molecule has 0 radical (unpaired) electrons. The Morgan fingerprint density at radius 3 is 2.39 bits per heavy atom. The summed E-state index contributed by atoms with van der Waals surface area (Å²) in [5.41, 5.74) is 0.842. The van der Waals surface area contributed by atoms with Gasteiger partial charge < -0.3 is 4.74 Å². The minimum Gasteiger partial charge on any atom is -0.481 e. The van der Waals surface area contributed by atoms with Crippen molar-refractivity contribution >= 4 is 23.2 Å². The maximum atomic E-state index is 13.1. The molecule has 2 rings (SSSR count). The number of methoxy groups -OCH3 is 1. The SMILES string of the molecule is COc1ccc(Cc2nc(Cl)c(F)c(Cl)n2)cn1. The number of hydrogen-bond donors (Lipinski definition) is 0. The lowest BCUT2D eigenvalue weighted by Gasteiger charge is -2.04. The van der Waals surface area contributed by atoms with Crippen LogP contribution in [0.15, 0.2) is 18.3 Å². The van der Waals surface area contributed by atoms with Crippen molar-refractivity contribution in [1.82, 2.24) is 15.0 Å². The molecular formula is C11H8Cl2FN3O. The average Bonchev–Trinajstić information content (AvgIpc) is 2.37. The highest BCUT2D eigenvalue weighted by Gasteiger charge is 2.11. The van der Waals surface area contributed by atoms with E-state index < -0.39 is 5.82 Å². The molecule has 0 unspecified atom stereocenters. The van der Waals surface area contributed by atoms with E-state index in [-0.39, 0.29) is 10.3 Å². The van der Waals surface area contributed by atoms with Crippen molar-refractivity contribution in [2.45, 2.75) is 6.42 Å². The second-order valence-corrected chi connectivity index (χ2v) is 4.14. The molecule has 0 spiro atoms. The van der Waals surface area contributed by atoms with Crippen LogP contribution >= 0.6 is 23.2 Å². The van der Waals surface area contributed by atoms with Gasteiger partial charge in [0.2, 0.25) is 5.88 Å². The summed E-state index contributed by atoms with van der Waals surface area (Å²) in [4.78, 5) is 11.7. The fourth-order valence-electron chi connectivity index (χ4n) is 1.33. The van der Waals surface area contributed by atoms with E-state index in [1.54, 1.807) is 18.3 Å². The van der Waals surface area contributed by atoms with E-state index in [0.29, 0.717) is 18.1 Å². The molecule has 0 aliphatic heterocycles. The Bertz CT molecular complexity index is 540. The molecule has 0 N–H and O–H groups in total. The lowest BCUT2D eigenvalue weighted by atomic mass is 10.2. The molecule has 2 aromatic heterocycles. The molecule has 0 aliphatic rings. The molecule has 4 nitrogen and oxygen atoms in total. The lowest BCUT2D eigenvalue weighted by molar-refractivity contribution is 0.397. The first-order valence-electron chi connectivity index (χ1n) is 4.96. The summed E-state index contributed by atoms with van der Waals surface area (Å²) in [7, 11) is 1.53. The van der Waals surface area contributed by atoms with E-state index in [1.807, 2.05) is 0 Å². The highest BCUT2D eigenvalue weighted by molar-refractivity contribution is 6.33. The third-order valence-corrected chi connectivity index (χ3v) is 2.69. The maximum Gasteiger partial charge on any atom is 0.212 e. The zero-order valence-corrected chi connectivity index (χ0v) is 10.8. The van der Waals surface area contributed by atoms with E-state index >= 15 is 0 Å². The van der Waals surface area contributed by atoms with Crippen molar-refractivity contribution in [3.05, 3.63) is 45.8 Å². The molecule has 7 heteroatoms. The Morgan fingerprint density at radius 1 is 1.22 bits per heavy atom. The molecule has 0 bridgehead atoms. The Kier molecular flexibility index (Phi) is 3.93. The summed E-state index contributed by atoms with van der Waals surface area (Å²) in [6.45, 7) is 0. The van der Waals surface area contributed by atoms with Crippen LogP contribution in [0, 0.1) is 5.82 Å². The highest BCUT2D eigenvalue weighted by atomic mass is 35.5. The lowest BCUT2D eigenvalue weighted by Crippen LogP contribution is -2.00. The van der Waals surface area contributed by atoms with Gasteiger partial charge in [-0.2, -0.15) is 0 Å². The fourth-order valence-corrected chi connectivity index (χ4v) is 1.76. The number of halogens is 3. The van der Waals surface area contributed by atoms with Crippen molar-refractivity contribution in [3.63, 3.8) is 0 Å². The molecule has 0 saturated heterocycles. The number of ether oxygens (including phenoxy) is 1. The van der Waals surface area contributed by atoms with Crippen molar-refractivity contribution in [3.8, 4) is 5.88 Å². The van der Waals surface area contributed by atoms with Crippen LogP contribution in [0.1, 0.15) is 11.4 Å². The second kappa shape index (κ2) is 5.46. The number of pyridine rings is 1. The summed E-state index contributed by atoms with van der Waals surface area (Å²) in [6.07, 6.45) is 1.98. The van der Waals surface area contributed by atoms with Gasteiger partial charge in [0.1, 0.15) is 5.82 Å². The van der Waals surface area contributed by atoms with Crippen LogP contribution in [0.3, 0.4) is 0 Å². The smallest absolute Gasteiger partial charge is 0.212 e. The normalized spacial score (nSPS) is 10.4. The number of rotatable bonds is 3. The molecule has 0 amide bonds. The van der Waals surface area contributed by atoms with Gasteiger partial charge in [-0.25, -0.2) is 19.3 Å². The van der Waals surface area contributed by atoms with E-state index in [9.17, 15) is 4.39 Å². The standard InChI is InChI=1S/C11H8Cl2FN3O/c1-18-8-3-2-6(5-15-8)4-7-16-10(12)9(14)11(13)17-7/h2-3,5H,4H2,1H3. The first-order valence-corrected chi connectivity index (χ1v) is 5.72. The number of hydrogen-bond acceptors (Lipinski definition) is 4. The number of aromatic nitrogens is 3. The molecule has 18 heavy (non-hydrogen) atoms. The minimum atomic E-state index is -0.810. The first kappa shape index (κ1) is 13.0. The topological polar surface area (TPSA) is 47.9 Å². The third kappa shape index (κ3) is 2.86. The molecule has 0 saturated carbocycles. The number of nitrogens with zero attached hydrogens (tertiary/aromatic N) is 3. The van der Waals surface area contributed by atoms with E-state index in [4.69, 9.17) is 27.9 Å². The zero-order chi connectivity index (χ0) is 13.1.